The summed E-state index contributed by atoms with van der Waals surface area (Å²) in [4.78, 5) is 9.50. The van der Waals surface area contributed by atoms with E-state index in [1.54, 1.807) is 14.2 Å². The average Bonchev–Trinajstić information content (AvgIpc) is 2.93. The van der Waals surface area contributed by atoms with Gasteiger partial charge in [0.1, 0.15) is 11.3 Å². The molecule has 0 saturated heterocycles. The van der Waals surface area contributed by atoms with E-state index in [1.165, 1.54) is 0 Å². The molecule has 0 aliphatic carbocycles. The molecular weight excluding hydrogens is 376 g/mol. The molecule has 2 aromatic heterocycles. The van der Waals surface area contributed by atoms with E-state index >= 15 is 0 Å². The first-order valence-electron chi connectivity index (χ1n) is 9.23. The lowest BCUT2D eigenvalue weighted by Gasteiger charge is -2.20. The number of imidazole rings is 1. The summed E-state index contributed by atoms with van der Waals surface area (Å²) in [6.07, 6.45) is 0. The number of pyridine rings is 1. The normalized spacial score (nSPS) is 11.6. The Morgan fingerprint density at radius 2 is 1.71 bits per heavy atom. The Bertz CT molecular complexity index is 971. The largest absolute Gasteiger partial charge is 0.382 e. The van der Waals surface area contributed by atoms with Crippen molar-refractivity contribution >= 4 is 34.1 Å². The van der Waals surface area contributed by atoms with Crippen LogP contribution in [0.5, 0.6) is 0 Å². The van der Waals surface area contributed by atoms with Crippen molar-refractivity contribution in [1.29, 1.82) is 0 Å². The summed E-state index contributed by atoms with van der Waals surface area (Å²) in [6.45, 7) is 9.10. The first kappa shape index (κ1) is 20.6. The Labute approximate surface area is 170 Å². The van der Waals surface area contributed by atoms with E-state index in [-0.39, 0.29) is 6.04 Å². The molecule has 7 heteroatoms. The molecule has 150 valence electrons. The Morgan fingerprint density at radius 3 is 2.32 bits per heavy atom. The molecule has 0 aliphatic heterocycles. The van der Waals surface area contributed by atoms with Crippen LogP contribution in [0.1, 0.15) is 28.7 Å². The zero-order chi connectivity index (χ0) is 20.4. The van der Waals surface area contributed by atoms with Gasteiger partial charge in [-0.3, -0.25) is 0 Å². The van der Waals surface area contributed by atoms with Gasteiger partial charge in [0.2, 0.25) is 0 Å². The maximum atomic E-state index is 6.50. The average molecular weight is 403 g/mol. The molecule has 2 heterocycles. The molecule has 0 fully saturated rings. The number of aryl methyl sites for hydroxylation is 4. The number of hydrogen-bond acceptors (Lipinski definition) is 5. The molecule has 0 unspecified atom stereocenters. The number of benzene rings is 1. The van der Waals surface area contributed by atoms with Gasteiger partial charge < -0.3 is 19.4 Å². The first-order chi connectivity index (χ1) is 13.3. The fraction of sp³-hybridized carbons (Fsp3) is 0.429. The molecule has 0 saturated carbocycles. The molecule has 28 heavy (non-hydrogen) atoms. The van der Waals surface area contributed by atoms with Crippen molar-refractivity contribution in [2.75, 3.05) is 32.8 Å². The third kappa shape index (κ3) is 3.99. The van der Waals surface area contributed by atoms with Crippen molar-refractivity contribution in [1.82, 2.24) is 14.5 Å². The van der Waals surface area contributed by atoms with Crippen molar-refractivity contribution in [2.45, 2.75) is 33.7 Å². The molecule has 0 spiro atoms. The summed E-state index contributed by atoms with van der Waals surface area (Å²) >= 11 is 6.50. The molecule has 0 aliphatic rings. The van der Waals surface area contributed by atoms with Gasteiger partial charge in [0, 0.05) is 19.9 Å². The predicted molar refractivity (Wildman–Crippen MR) is 114 cm³/mol. The Morgan fingerprint density at radius 1 is 1.04 bits per heavy atom. The summed E-state index contributed by atoms with van der Waals surface area (Å²) in [7, 11) is 3.39. The molecular formula is C21H27ClN4O2. The highest BCUT2D eigenvalue weighted by atomic mass is 35.5. The Kier molecular flexibility index (Phi) is 6.23. The lowest BCUT2D eigenvalue weighted by Crippen LogP contribution is -2.20. The fourth-order valence-electron chi connectivity index (χ4n) is 3.66. The predicted octanol–water partition coefficient (Wildman–Crippen LogP) is 4.90. The van der Waals surface area contributed by atoms with Crippen LogP contribution in [0.25, 0.3) is 11.0 Å². The number of fused-ring (bicyclic) bond motifs is 1. The van der Waals surface area contributed by atoms with Crippen LogP contribution in [0.4, 0.5) is 11.5 Å². The third-order valence-electron chi connectivity index (χ3n) is 4.74. The summed E-state index contributed by atoms with van der Waals surface area (Å²) in [5, 5.41) is 4.08. The number of anilines is 2. The third-order valence-corrected chi connectivity index (χ3v) is 5.04. The molecule has 0 bridgehead atoms. The molecule has 3 rings (SSSR count). The maximum Gasteiger partial charge on any atom is 0.158 e. The highest BCUT2D eigenvalue weighted by Crippen LogP contribution is 2.33. The van der Waals surface area contributed by atoms with E-state index in [0.29, 0.717) is 24.1 Å². The van der Waals surface area contributed by atoms with Gasteiger partial charge in [0.05, 0.1) is 35.5 Å². The highest BCUT2D eigenvalue weighted by molar-refractivity contribution is 6.33. The van der Waals surface area contributed by atoms with Gasteiger partial charge in [0.25, 0.3) is 0 Å². The summed E-state index contributed by atoms with van der Waals surface area (Å²) in [5.74, 6) is 1.58. The van der Waals surface area contributed by atoms with Crippen molar-refractivity contribution in [3.8, 4) is 0 Å². The van der Waals surface area contributed by atoms with Gasteiger partial charge in [-0.05, 0) is 51.0 Å². The van der Waals surface area contributed by atoms with Gasteiger partial charge in [-0.25, -0.2) is 9.97 Å². The molecule has 3 aromatic rings. The first-order valence-corrected chi connectivity index (χ1v) is 9.61. The van der Waals surface area contributed by atoms with E-state index in [4.69, 9.17) is 31.0 Å². The maximum absolute atomic E-state index is 6.50. The summed E-state index contributed by atoms with van der Waals surface area (Å²) < 4.78 is 13.0. The van der Waals surface area contributed by atoms with E-state index in [1.807, 2.05) is 39.8 Å². The number of halogens is 1. The molecule has 0 atom stereocenters. The van der Waals surface area contributed by atoms with Crippen molar-refractivity contribution in [3.63, 3.8) is 0 Å². The second kappa shape index (κ2) is 8.47. The zero-order valence-electron chi connectivity index (χ0n) is 17.3. The van der Waals surface area contributed by atoms with Crippen LogP contribution in [0.3, 0.4) is 0 Å². The summed E-state index contributed by atoms with van der Waals surface area (Å²) in [5.41, 5.74) is 5.73. The Hall–Kier alpha value is -2.15. The standard InChI is InChI=1S/C21H27ClN4O2/c1-12-7-13(2)19(17(22)8-12)25-21-20-18(9-14(3)23-21)26(15(4)24-20)16(10-27-5)11-28-6/h7-9,16H,10-11H2,1-6H3,(H,23,25). The van der Waals surface area contributed by atoms with E-state index in [2.05, 4.69) is 16.0 Å². The lowest BCUT2D eigenvalue weighted by molar-refractivity contribution is 0.0902. The highest BCUT2D eigenvalue weighted by Gasteiger charge is 2.21. The van der Waals surface area contributed by atoms with E-state index in [0.717, 1.165) is 39.4 Å². The van der Waals surface area contributed by atoms with Crippen molar-refractivity contribution in [2.24, 2.45) is 0 Å². The van der Waals surface area contributed by atoms with Crippen LogP contribution < -0.4 is 5.32 Å². The van der Waals surface area contributed by atoms with Crippen molar-refractivity contribution in [3.05, 3.63) is 45.9 Å². The molecule has 1 N–H and O–H groups in total. The van der Waals surface area contributed by atoms with Crippen LogP contribution >= 0.6 is 11.6 Å². The van der Waals surface area contributed by atoms with Gasteiger partial charge in [-0.1, -0.05) is 17.7 Å². The summed E-state index contributed by atoms with van der Waals surface area (Å²) in [6, 6.07) is 6.11. The number of aromatic nitrogens is 3. The van der Waals surface area contributed by atoms with Crippen LogP contribution in [-0.2, 0) is 9.47 Å². The van der Waals surface area contributed by atoms with E-state index < -0.39 is 0 Å². The van der Waals surface area contributed by atoms with Gasteiger partial charge >= 0.3 is 0 Å². The molecule has 6 nitrogen and oxygen atoms in total. The van der Waals surface area contributed by atoms with Crippen LogP contribution in [0.15, 0.2) is 18.2 Å². The lowest BCUT2D eigenvalue weighted by atomic mass is 10.1. The topological polar surface area (TPSA) is 61.2 Å². The number of ether oxygens (including phenoxy) is 2. The smallest absolute Gasteiger partial charge is 0.158 e. The van der Waals surface area contributed by atoms with Crippen molar-refractivity contribution < 1.29 is 9.47 Å². The number of methoxy groups -OCH3 is 2. The quantitative estimate of drug-likeness (QED) is 0.609. The zero-order valence-corrected chi connectivity index (χ0v) is 18.0. The van der Waals surface area contributed by atoms with Gasteiger partial charge in [-0.15, -0.1) is 0 Å². The number of hydrogen-bond donors (Lipinski definition) is 1. The van der Waals surface area contributed by atoms with Gasteiger partial charge in [0.15, 0.2) is 5.82 Å². The SMILES string of the molecule is COCC(COC)n1c(C)nc2c(Nc3c(C)cc(C)cc3Cl)nc(C)cc21. The molecule has 0 radical (unpaired) electrons. The second-order valence-electron chi connectivity index (χ2n) is 7.14. The van der Waals surface area contributed by atoms with E-state index in [9.17, 15) is 0 Å². The number of nitrogens with one attached hydrogen (secondary N) is 1. The van der Waals surface area contributed by atoms with Gasteiger partial charge in [-0.2, -0.15) is 0 Å². The van der Waals surface area contributed by atoms with Crippen LogP contribution in [-0.4, -0.2) is 42.0 Å². The minimum atomic E-state index is 0.0272. The fourth-order valence-corrected chi connectivity index (χ4v) is 4.02. The monoisotopic (exact) mass is 402 g/mol. The Balaban J connectivity index is 2.14. The van der Waals surface area contributed by atoms with Crippen LogP contribution in [0.2, 0.25) is 5.02 Å². The number of nitrogens with zero attached hydrogens (tertiary/aromatic N) is 3. The minimum Gasteiger partial charge on any atom is -0.382 e. The molecule has 1 aromatic carbocycles. The molecule has 0 amide bonds. The number of rotatable bonds is 7. The minimum absolute atomic E-state index is 0.0272. The second-order valence-corrected chi connectivity index (χ2v) is 7.54. The van der Waals surface area contributed by atoms with Crippen LogP contribution in [0, 0.1) is 27.7 Å².